The first-order valence-electron chi connectivity index (χ1n) is 5.08. The lowest BCUT2D eigenvalue weighted by molar-refractivity contribution is 0.491. The topological polar surface area (TPSA) is 29.9 Å². The van der Waals surface area contributed by atoms with Crippen LogP contribution in [0.1, 0.15) is 37.7 Å². The van der Waals surface area contributed by atoms with Crippen molar-refractivity contribution in [3.63, 3.8) is 0 Å². The Morgan fingerprint density at radius 1 is 1.69 bits per heavy atom. The second-order valence-corrected chi connectivity index (χ2v) is 3.73. The van der Waals surface area contributed by atoms with Crippen molar-refractivity contribution in [2.45, 2.75) is 39.3 Å². The Kier molecular flexibility index (Phi) is 2.36. The molecule has 0 aliphatic carbocycles. The molecular weight excluding hydrogens is 162 g/mol. The normalized spacial score (nSPS) is 18.3. The fraction of sp³-hybridized carbons (Fsp3) is 0.700. The van der Waals surface area contributed by atoms with Gasteiger partial charge >= 0.3 is 0 Å². The van der Waals surface area contributed by atoms with E-state index >= 15 is 0 Å². The quantitative estimate of drug-likeness (QED) is 0.745. The van der Waals surface area contributed by atoms with E-state index in [4.69, 9.17) is 0 Å². The van der Waals surface area contributed by atoms with Crippen LogP contribution < -0.4 is 5.32 Å². The van der Waals surface area contributed by atoms with Gasteiger partial charge in [0.1, 0.15) is 0 Å². The summed E-state index contributed by atoms with van der Waals surface area (Å²) in [5.41, 5.74) is 2.68. The predicted octanol–water partition coefficient (Wildman–Crippen LogP) is 1.50. The van der Waals surface area contributed by atoms with E-state index in [1.807, 2.05) is 6.33 Å². The third-order valence-corrected chi connectivity index (χ3v) is 2.88. The van der Waals surface area contributed by atoms with Gasteiger partial charge in [0.05, 0.1) is 17.7 Å². The predicted molar refractivity (Wildman–Crippen MR) is 52.6 cm³/mol. The van der Waals surface area contributed by atoms with Gasteiger partial charge in [-0.15, -0.1) is 0 Å². The SMILES string of the molecule is CCC(C)n1cnc2c1CNCC2. The molecule has 1 N–H and O–H groups in total. The molecule has 0 aromatic carbocycles. The molecule has 0 saturated carbocycles. The Morgan fingerprint density at radius 2 is 2.54 bits per heavy atom. The summed E-state index contributed by atoms with van der Waals surface area (Å²) in [5.74, 6) is 0. The number of aromatic nitrogens is 2. The first kappa shape index (κ1) is 8.75. The Balaban J connectivity index is 2.31. The molecule has 0 saturated heterocycles. The van der Waals surface area contributed by atoms with Crippen LogP contribution in [0.2, 0.25) is 0 Å². The minimum Gasteiger partial charge on any atom is -0.330 e. The third-order valence-electron chi connectivity index (χ3n) is 2.88. The average molecular weight is 179 g/mol. The lowest BCUT2D eigenvalue weighted by atomic mass is 10.1. The average Bonchev–Trinajstić information content (AvgIpc) is 2.60. The van der Waals surface area contributed by atoms with E-state index in [0.29, 0.717) is 6.04 Å². The lowest BCUT2D eigenvalue weighted by Crippen LogP contribution is -2.26. The molecule has 1 unspecified atom stereocenters. The van der Waals surface area contributed by atoms with Crippen LogP contribution in [0.5, 0.6) is 0 Å². The molecule has 0 fully saturated rings. The zero-order valence-electron chi connectivity index (χ0n) is 8.38. The number of nitrogens with zero attached hydrogens (tertiary/aromatic N) is 2. The van der Waals surface area contributed by atoms with Gasteiger partial charge in [-0.1, -0.05) is 6.92 Å². The van der Waals surface area contributed by atoms with Gasteiger partial charge in [0, 0.05) is 25.6 Å². The summed E-state index contributed by atoms with van der Waals surface area (Å²) < 4.78 is 2.31. The van der Waals surface area contributed by atoms with Gasteiger partial charge in [-0.3, -0.25) is 0 Å². The zero-order chi connectivity index (χ0) is 9.26. The van der Waals surface area contributed by atoms with Gasteiger partial charge in [-0.25, -0.2) is 4.98 Å². The summed E-state index contributed by atoms with van der Waals surface area (Å²) in [6, 6.07) is 0.580. The van der Waals surface area contributed by atoms with Crippen LogP contribution in [-0.2, 0) is 13.0 Å². The molecule has 1 aromatic rings. The monoisotopic (exact) mass is 179 g/mol. The van der Waals surface area contributed by atoms with Gasteiger partial charge in [-0.05, 0) is 13.3 Å². The van der Waals surface area contributed by atoms with Crippen LogP contribution in [-0.4, -0.2) is 16.1 Å². The van der Waals surface area contributed by atoms with Gasteiger partial charge in [0.2, 0.25) is 0 Å². The summed E-state index contributed by atoms with van der Waals surface area (Å²) in [7, 11) is 0. The van der Waals surface area contributed by atoms with E-state index in [0.717, 1.165) is 19.5 Å². The number of rotatable bonds is 2. The van der Waals surface area contributed by atoms with Crippen LogP contribution >= 0.6 is 0 Å². The van der Waals surface area contributed by atoms with E-state index in [9.17, 15) is 0 Å². The summed E-state index contributed by atoms with van der Waals surface area (Å²) >= 11 is 0. The molecule has 0 spiro atoms. The summed E-state index contributed by atoms with van der Waals surface area (Å²) in [5, 5.41) is 3.39. The molecule has 72 valence electrons. The van der Waals surface area contributed by atoms with Gasteiger partial charge in [0.25, 0.3) is 0 Å². The molecule has 0 amide bonds. The highest BCUT2D eigenvalue weighted by Crippen LogP contribution is 2.18. The molecule has 1 atom stereocenters. The van der Waals surface area contributed by atoms with Crippen molar-refractivity contribution in [3.05, 3.63) is 17.7 Å². The Bertz CT molecular complexity index is 290. The Hall–Kier alpha value is -0.830. The van der Waals surface area contributed by atoms with Crippen molar-refractivity contribution >= 4 is 0 Å². The number of fused-ring (bicyclic) bond motifs is 1. The fourth-order valence-corrected chi connectivity index (χ4v) is 1.82. The molecule has 13 heavy (non-hydrogen) atoms. The standard InChI is InChI=1S/C10H17N3/c1-3-8(2)13-7-12-9-4-5-11-6-10(9)13/h7-8,11H,3-6H2,1-2H3. The second kappa shape index (κ2) is 3.50. The van der Waals surface area contributed by atoms with E-state index in [2.05, 4.69) is 28.7 Å². The fourth-order valence-electron chi connectivity index (χ4n) is 1.82. The van der Waals surface area contributed by atoms with Crippen LogP contribution in [0.25, 0.3) is 0 Å². The van der Waals surface area contributed by atoms with Gasteiger partial charge in [-0.2, -0.15) is 0 Å². The minimum absolute atomic E-state index is 0.580. The molecular formula is C10H17N3. The maximum absolute atomic E-state index is 4.45. The van der Waals surface area contributed by atoms with Crippen molar-refractivity contribution in [1.82, 2.24) is 14.9 Å². The largest absolute Gasteiger partial charge is 0.330 e. The molecule has 3 heteroatoms. The van der Waals surface area contributed by atoms with Crippen molar-refractivity contribution in [3.8, 4) is 0 Å². The minimum atomic E-state index is 0.580. The number of imidazole rings is 1. The summed E-state index contributed by atoms with van der Waals surface area (Å²) in [6.45, 7) is 6.52. The first-order valence-corrected chi connectivity index (χ1v) is 5.08. The zero-order valence-corrected chi connectivity index (χ0v) is 8.38. The lowest BCUT2D eigenvalue weighted by Gasteiger charge is -2.18. The summed E-state index contributed by atoms with van der Waals surface area (Å²) in [6.07, 6.45) is 4.24. The van der Waals surface area contributed by atoms with E-state index < -0.39 is 0 Å². The van der Waals surface area contributed by atoms with Crippen LogP contribution in [0.15, 0.2) is 6.33 Å². The molecule has 1 aliphatic rings. The number of hydrogen-bond acceptors (Lipinski definition) is 2. The number of nitrogens with one attached hydrogen (secondary N) is 1. The second-order valence-electron chi connectivity index (χ2n) is 3.73. The van der Waals surface area contributed by atoms with Gasteiger partial charge in [0.15, 0.2) is 0 Å². The molecule has 0 radical (unpaired) electrons. The Morgan fingerprint density at radius 3 is 3.31 bits per heavy atom. The molecule has 2 heterocycles. The first-order chi connectivity index (χ1) is 6.33. The van der Waals surface area contributed by atoms with Crippen molar-refractivity contribution in [2.24, 2.45) is 0 Å². The van der Waals surface area contributed by atoms with E-state index in [1.165, 1.54) is 17.8 Å². The molecule has 2 rings (SSSR count). The number of hydrogen-bond donors (Lipinski definition) is 1. The van der Waals surface area contributed by atoms with Crippen LogP contribution in [0, 0.1) is 0 Å². The molecule has 0 bridgehead atoms. The van der Waals surface area contributed by atoms with Crippen LogP contribution in [0.3, 0.4) is 0 Å². The van der Waals surface area contributed by atoms with Crippen LogP contribution in [0.4, 0.5) is 0 Å². The Labute approximate surface area is 79.2 Å². The van der Waals surface area contributed by atoms with Crippen molar-refractivity contribution in [2.75, 3.05) is 6.54 Å². The third kappa shape index (κ3) is 1.48. The highest BCUT2D eigenvalue weighted by molar-refractivity contribution is 5.16. The van der Waals surface area contributed by atoms with Crippen molar-refractivity contribution in [1.29, 1.82) is 0 Å². The van der Waals surface area contributed by atoms with E-state index in [1.54, 1.807) is 0 Å². The highest BCUT2D eigenvalue weighted by atomic mass is 15.1. The van der Waals surface area contributed by atoms with E-state index in [-0.39, 0.29) is 0 Å². The molecule has 3 nitrogen and oxygen atoms in total. The van der Waals surface area contributed by atoms with Gasteiger partial charge < -0.3 is 9.88 Å². The maximum atomic E-state index is 4.45. The maximum Gasteiger partial charge on any atom is 0.0954 e. The summed E-state index contributed by atoms with van der Waals surface area (Å²) in [4.78, 5) is 4.45. The highest BCUT2D eigenvalue weighted by Gasteiger charge is 2.16. The molecule has 1 aliphatic heterocycles. The molecule has 1 aromatic heterocycles. The smallest absolute Gasteiger partial charge is 0.0954 e. The van der Waals surface area contributed by atoms with Crippen molar-refractivity contribution < 1.29 is 0 Å².